The molecule has 2 aliphatic heterocycles. The van der Waals surface area contributed by atoms with Gasteiger partial charge in [0, 0.05) is 46.1 Å². The number of hydrogen-bond donors (Lipinski definition) is 0. The van der Waals surface area contributed by atoms with Crippen LogP contribution in [0.2, 0.25) is 0 Å². The van der Waals surface area contributed by atoms with Gasteiger partial charge in [0.05, 0.1) is 15.9 Å². The summed E-state index contributed by atoms with van der Waals surface area (Å²) in [4.78, 5) is 18.9. The number of imidazole rings is 1. The number of amides is 1. The minimum atomic E-state index is -3.47. The van der Waals surface area contributed by atoms with Gasteiger partial charge in [-0.15, -0.1) is 0 Å². The molecule has 1 amide bonds. The van der Waals surface area contributed by atoms with E-state index >= 15 is 0 Å². The minimum Gasteiger partial charge on any atom is -0.343 e. The van der Waals surface area contributed by atoms with E-state index in [0.29, 0.717) is 36.3 Å². The van der Waals surface area contributed by atoms with Crippen molar-refractivity contribution in [2.45, 2.75) is 43.4 Å². The van der Waals surface area contributed by atoms with Crippen molar-refractivity contribution >= 4 is 27.0 Å². The summed E-state index contributed by atoms with van der Waals surface area (Å²) in [6.07, 6.45) is 5.02. The van der Waals surface area contributed by atoms with Crippen LogP contribution in [0.3, 0.4) is 0 Å². The fourth-order valence-corrected chi connectivity index (χ4v) is 5.35. The zero-order valence-corrected chi connectivity index (χ0v) is 16.5. The second-order valence-corrected chi connectivity index (χ2v) is 9.37. The third kappa shape index (κ3) is 3.48. The van der Waals surface area contributed by atoms with Crippen molar-refractivity contribution < 1.29 is 13.2 Å². The Kier molecular flexibility index (Phi) is 4.94. The highest BCUT2D eigenvalue weighted by atomic mass is 32.2. The van der Waals surface area contributed by atoms with E-state index in [9.17, 15) is 13.2 Å². The van der Waals surface area contributed by atoms with Crippen molar-refractivity contribution in [3.63, 3.8) is 0 Å². The summed E-state index contributed by atoms with van der Waals surface area (Å²) in [5, 5.41) is 0. The topological polar surface area (TPSA) is 75.5 Å². The van der Waals surface area contributed by atoms with Crippen LogP contribution in [-0.4, -0.2) is 59.3 Å². The standard InChI is InChI=1S/C19H26N4O3S/c1-21-17-7-6-15(27(25,26)23-12-3-2-4-13-23)14-16(17)20-18(21)8-9-19(24)22-10-5-11-22/h6-7,14H,2-5,8-13H2,1H3. The van der Waals surface area contributed by atoms with Gasteiger partial charge in [-0.1, -0.05) is 6.42 Å². The number of nitrogens with zero attached hydrogens (tertiary/aromatic N) is 4. The predicted octanol–water partition coefficient (Wildman–Crippen LogP) is 1.91. The number of likely N-dealkylation sites (tertiary alicyclic amines) is 1. The monoisotopic (exact) mass is 390 g/mol. The molecule has 2 fully saturated rings. The molecule has 0 aliphatic carbocycles. The largest absolute Gasteiger partial charge is 0.343 e. The summed E-state index contributed by atoms with van der Waals surface area (Å²) < 4.78 is 29.3. The van der Waals surface area contributed by atoms with Crippen molar-refractivity contribution in [2.75, 3.05) is 26.2 Å². The Morgan fingerprint density at radius 2 is 1.81 bits per heavy atom. The van der Waals surface area contributed by atoms with Crippen LogP contribution in [0.5, 0.6) is 0 Å². The first-order valence-electron chi connectivity index (χ1n) is 9.70. The Morgan fingerprint density at radius 1 is 1.07 bits per heavy atom. The van der Waals surface area contributed by atoms with Crippen LogP contribution in [0.4, 0.5) is 0 Å². The fourth-order valence-electron chi connectivity index (χ4n) is 3.81. The molecule has 7 nitrogen and oxygen atoms in total. The Balaban J connectivity index is 1.56. The van der Waals surface area contributed by atoms with Crippen molar-refractivity contribution in [3.8, 4) is 0 Å². The molecule has 27 heavy (non-hydrogen) atoms. The van der Waals surface area contributed by atoms with E-state index in [-0.39, 0.29) is 5.91 Å². The van der Waals surface area contributed by atoms with Gasteiger partial charge in [0.1, 0.15) is 5.82 Å². The molecular formula is C19H26N4O3S. The number of aryl methyl sites for hydroxylation is 2. The van der Waals surface area contributed by atoms with Crippen molar-refractivity contribution in [2.24, 2.45) is 7.05 Å². The normalized spacial score (nSPS) is 18.6. The summed E-state index contributed by atoms with van der Waals surface area (Å²) in [5.74, 6) is 0.980. The number of carbonyl (C=O) groups excluding carboxylic acids is 1. The number of carbonyl (C=O) groups is 1. The van der Waals surface area contributed by atoms with Crippen LogP contribution < -0.4 is 0 Å². The summed E-state index contributed by atoms with van der Waals surface area (Å²) in [6, 6.07) is 5.16. The Morgan fingerprint density at radius 3 is 2.48 bits per heavy atom. The molecule has 146 valence electrons. The van der Waals surface area contributed by atoms with Crippen molar-refractivity contribution in [1.29, 1.82) is 0 Å². The van der Waals surface area contributed by atoms with E-state index in [4.69, 9.17) is 0 Å². The molecule has 2 aromatic rings. The minimum absolute atomic E-state index is 0.168. The van der Waals surface area contributed by atoms with Crippen LogP contribution in [0, 0.1) is 0 Å². The number of sulfonamides is 1. The van der Waals surface area contributed by atoms with Crippen LogP contribution in [-0.2, 0) is 28.3 Å². The lowest BCUT2D eigenvalue weighted by Gasteiger charge is -2.30. The lowest BCUT2D eigenvalue weighted by atomic mass is 10.2. The lowest BCUT2D eigenvalue weighted by molar-refractivity contribution is -0.134. The molecule has 4 rings (SSSR count). The quantitative estimate of drug-likeness (QED) is 0.782. The van der Waals surface area contributed by atoms with Gasteiger partial charge < -0.3 is 9.47 Å². The van der Waals surface area contributed by atoms with Gasteiger partial charge in [-0.25, -0.2) is 13.4 Å². The molecule has 2 saturated heterocycles. The first-order valence-corrected chi connectivity index (χ1v) is 11.1. The van der Waals surface area contributed by atoms with Gasteiger partial charge in [0.15, 0.2) is 0 Å². The number of benzene rings is 1. The van der Waals surface area contributed by atoms with E-state index in [1.807, 2.05) is 22.6 Å². The highest BCUT2D eigenvalue weighted by molar-refractivity contribution is 7.89. The SMILES string of the molecule is Cn1c(CCC(=O)N2CCC2)nc2cc(S(=O)(=O)N3CCCCC3)ccc21. The fraction of sp³-hybridized carbons (Fsp3) is 0.579. The molecule has 0 atom stereocenters. The molecule has 0 N–H and O–H groups in total. The van der Waals surface area contributed by atoms with Gasteiger partial charge >= 0.3 is 0 Å². The maximum absolute atomic E-state index is 12.9. The maximum Gasteiger partial charge on any atom is 0.243 e. The van der Waals surface area contributed by atoms with Crippen LogP contribution >= 0.6 is 0 Å². The molecule has 2 aliphatic rings. The molecule has 0 radical (unpaired) electrons. The van der Waals surface area contributed by atoms with E-state index in [1.165, 1.54) is 0 Å². The van der Waals surface area contributed by atoms with Crippen molar-refractivity contribution in [3.05, 3.63) is 24.0 Å². The molecule has 0 bridgehead atoms. The zero-order chi connectivity index (χ0) is 19.0. The number of rotatable bonds is 5. The maximum atomic E-state index is 12.9. The summed E-state index contributed by atoms with van der Waals surface area (Å²) in [7, 11) is -1.55. The predicted molar refractivity (Wildman–Crippen MR) is 103 cm³/mol. The smallest absolute Gasteiger partial charge is 0.243 e. The highest BCUT2D eigenvalue weighted by Crippen LogP contribution is 2.25. The van der Waals surface area contributed by atoms with E-state index in [2.05, 4.69) is 4.98 Å². The third-order valence-electron chi connectivity index (χ3n) is 5.67. The first-order chi connectivity index (χ1) is 13.0. The van der Waals surface area contributed by atoms with Crippen LogP contribution in [0.15, 0.2) is 23.1 Å². The van der Waals surface area contributed by atoms with E-state index in [1.54, 1.807) is 16.4 Å². The molecule has 0 spiro atoms. The second-order valence-electron chi connectivity index (χ2n) is 7.44. The Hall–Kier alpha value is -1.93. The number of piperidine rings is 1. The summed E-state index contributed by atoms with van der Waals surface area (Å²) >= 11 is 0. The molecular weight excluding hydrogens is 364 g/mol. The number of fused-ring (bicyclic) bond motifs is 1. The average Bonchev–Trinajstić information content (AvgIpc) is 2.94. The molecule has 0 saturated carbocycles. The molecule has 8 heteroatoms. The van der Waals surface area contributed by atoms with Crippen LogP contribution in [0.25, 0.3) is 11.0 Å². The molecule has 1 aromatic carbocycles. The van der Waals surface area contributed by atoms with Gasteiger partial charge in [0.25, 0.3) is 0 Å². The molecule has 1 aromatic heterocycles. The van der Waals surface area contributed by atoms with Gasteiger partial charge in [0.2, 0.25) is 15.9 Å². The number of hydrogen-bond acceptors (Lipinski definition) is 4. The van der Waals surface area contributed by atoms with E-state index < -0.39 is 10.0 Å². The lowest BCUT2D eigenvalue weighted by Crippen LogP contribution is -2.42. The zero-order valence-electron chi connectivity index (χ0n) is 15.7. The Labute approximate surface area is 160 Å². The third-order valence-corrected chi connectivity index (χ3v) is 7.56. The average molecular weight is 391 g/mol. The first kappa shape index (κ1) is 18.4. The second kappa shape index (κ2) is 7.24. The highest BCUT2D eigenvalue weighted by Gasteiger charge is 2.27. The number of aromatic nitrogens is 2. The van der Waals surface area contributed by atoms with Gasteiger partial charge in [-0.3, -0.25) is 4.79 Å². The van der Waals surface area contributed by atoms with E-state index in [0.717, 1.165) is 50.1 Å². The van der Waals surface area contributed by atoms with Gasteiger partial charge in [-0.2, -0.15) is 4.31 Å². The summed E-state index contributed by atoms with van der Waals surface area (Å²) in [6.45, 7) is 2.90. The van der Waals surface area contributed by atoms with Gasteiger partial charge in [-0.05, 0) is 37.5 Å². The van der Waals surface area contributed by atoms with Crippen LogP contribution in [0.1, 0.15) is 37.9 Å². The molecule has 3 heterocycles. The Bertz CT molecular complexity index is 957. The summed E-state index contributed by atoms with van der Waals surface area (Å²) in [5.41, 5.74) is 1.56. The van der Waals surface area contributed by atoms with Crippen molar-refractivity contribution in [1.82, 2.24) is 18.8 Å². The molecule has 0 unspecified atom stereocenters.